The van der Waals surface area contributed by atoms with Gasteiger partial charge in [0, 0.05) is 28.1 Å². The van der Waals surface area contributed by atoms with E-state index in [4.69, 9.17) is 26.8 Å². The Kier molecular flexibility index (Phi) is 3.72. The van der Waals surface area contributed by atoms with Crippen LogP contribution in [0.5, 0.6) is 11.5 Å². The first kappa shape index (κ1) is 14.5. The van der Waals surface area contributed by atoms with Crippen molar-refractivity contribution in [1.82, 2.24) is 0 Å². The standard InChI is InChI=1S/C15H22ClNO2/c1-8-11(15(6-7-15)10(3)17)13(18-4)9(2)12(16)14(8)19-5/h10H,6-7,17H2,1-5H3. The molecule has 0 amide bonds. The van der Waals surface area contributed by atoms with Crippen molar-refractivity contribution in [2.24, 2.45) is 5.73 Å². The van der Waals surface area contributed by atoms with Gasteiger partial charge >= 0.3 is 0 Å². The maximum Gasteiger partial charge on any atom is 0.141 e. The van der Waals surface area contributed by atoms with Gasteiger partial charge in [-0.3, -0.25) is 0 Å². The van der Waals surface area contributed by atoms with Gasteiger partial charge in [-0.1, -0.05) is 11.6 Å². The number of methoxy groups -OCH3 is 2. The summed E-state index contributed by atoms with van der Waals surface area (Å²) in [6, 6.07) is 0.0883. The summed E-state index contributed by atoms with van der Waals surface area (Å²) in [5.41, 5.74) is 9.36. The molecule has 1 aliphatic carbocycles. The predicted molar refractivity (Wildman–Crippen MR) is 78.6 cm³/mol. The first-order valence-corrected chi connectivity index (χ1v) is 6.95. The Balaban J connectivity index is 2.76. The summed E-state index contributed by atoms with van der Waals surface area (Å²) in [5.74, 6) is 1.60. The summed E-state index contributed by atoms with van der Waals surface area (Å²) in [5, 5.41) is 0.626. The van der Waals surface area contributed by atoms with Crippen molar-refractivity contribution in [1.29, 1.82) is 0 Å². The normalized spacial score (nSPS) is 18.1. The van der Waals surface area contributed by atoms with E-state index in [1.165, 1.54) is 5.56 Å². The van der Waals surface area contributed by atoms with Gasteiger partial charge < -0.3 is 15.2 Å². The Morgan fingerprint density at radius 2 is 1.63 bits per heavy atom. The van der Waals surface area contributed by atoms with Crippen molar-refractivity contribution >= 4 is 11.6 Å². The second-order valence-corrected chi connectivity index (χ2v) is 5.83. The highest BCUT2D eigenvalue weighted by molar-refractivity contribution is 6.33. The van der Waals surface area contributed by atoms with E-state index in [-0.39, 0.29) is 11.5 Å². The minimum Gasteiger partial charge on any atom is -0.496 e. The van der Waals surface area contributed by atoms with Crippen LogP contribution in [0.3, 0.4) is 0 Å². The Morgan fingerprint density at radius 3 is 2.00 bits per heavy atom. The molecule has 0 saturated heterocycles. The zero-order chi connectivity index (χ0) is 14.4. The van der Waals surface area contributed by atoms with Crippen LogP contribution in [-0.4, -0.2) is 20.3 Å². The highest BCUT2D eigenvalue weighted by Gasteiger charge is 2.51. The first-order chi connectivity index (χ1) is 8.90. The van der Waals surface area contributed by atoms with Gasteiger partial charge in [-0.05, 0) is 33.6 Å². The minimum atomic E-state index is 0.0120. The van der Waals surface area contributed by atoms with Crippen LogP contribution in [0.2, 0.25) is 5.02 Å². The number of halogens is 1. The molecule has 1 aromatic rings. The Morgan fingerprint density at radius 1 is 1.11 bits per heavy atom. The third-order valence-electron chi connectivity index (χ3n) is 4.38. The van der Waals surface area contributed by atoms with Crippen LogP contribution in [0.1, 0.15) is 36.5 Å². The van der Waals surface area contributed by atoms with Gasteiger partial charge in [0.2, 0.25) is 0 Å². The number of nitrogens with two attached hydrogens (primary N) is 1. The molecule has 1 unspecified atom stereocenters. The van der Waals surface area contributed by atoms with Crippen molar-refractivity contribution in [3.8, 4) is 11.5 Å². The molecule has 1 saturated carbocycles. The Labute approximate surface area is 120 Å². The van der Waals surface area contributed by atoms with Crippen LogP contribution in [0.15, 0.2) is 0 Å². The lowest BCUT2D eigenvalue weighted by atomic mass is 9.84. The molecule has 1 aromatic carbocycles. The fourth-order valence-corrected chi connectivity index (χ4v) is 3.38. The quantitative estimate of drug-likeness (QED) is 0.922. The molecule has 0 heterocycles. The van der Waals surface area contributed by atoms with E-state index in [1.54, 1.807) is 14.2 Å². The molecule has 1 fully saturated rings. The number of hydrogen-bond acceptors (Lipinski definition) is 3. The van der Waals surface area contributed by atoms with Crippen LogP contribution < -0.4 is 15.2 Å². The lowest BCUT2D eigenvalue weighted by Crippen LogP contribution is -2.32. The van der Waals surface area contributed by atoms with E-state index >= 15 is 0 Å². The average molecular weight is 284 g/mol. The van der Waals surface area contributed by atoms with Crippen molar-refractivity contribution in [2.75, 3.05) is 14.2 Å². The Bertz CT molecular complexity index is 508. The van der Waals surface area contributed by atoms with Crippen LogP contribution >= 0.6 is 11.6 Å². The molecule has 2 rings (SSSR count). The summed E-state index contributed by atoms with van der Waals surface area (Å²) in [4.78, 5) is 0. The minimum absolute atomic E-state index is 0.0120. The highest BCUT2D eigenvalue weighted by atomic mass is 35.5. The highest BCUT2D eigenvalue weighted by Crippen LogP contribution is 2.57. The van der Waals surface area contributed by atoms with Gasteiger partial charge in [-0.15, -0.1) is 0 Å². The molecule has 1 atom stereocenters. The van der Waals surface area contributed by atoms with Gasteiger partial charge in [0.25, 0.3) is 0 Å². The van der Waals surface area contributed by atoms with Gasteiger partial charge in [0.1, 0.15) is 11.5 Å². The maximum atomic E-state index is 6.37. The van der Waals surface area contributed by atoms with E-state index in [0.29, 0.717) is 5.02 Å². The molecule has 3 nitrogen and oxygen atoms in total. The topological polar surface area (TPSA) is 44.5 Å². The first-order valence-electron chi connectivity index (χ1n) is 6.57. The second-order valence-electron chi connectivity index (χ2n) is 5.45. The number of hydrogen-bond donors (Lipinski definition) is 1. The average Bonchev–Trinajstić information content (AvgIpc) is 3.15. The summed E-state index contributed by atoms with van der Waals surface area (Å²) < 4.78 is 11.1. The van der Waals surface area contributed by atoms with E-state index in [2.05, 4.69) is 6.92 Å². The molecule has 1 aliphatic rings. The molecule has 106 valence electrons. The zero-order valence-corrected chi connectivity index (χ0v) is 13.0. The number of benzene rings is 1. The maximum absolute atomic E-state index is 6.37. The third-order valence-corrected chi connectivity index (χ3v) is 4.83. The fourth-order valence-electron chi connectivity index (χ4n) is 3.07. The summed E-state index contributed by atoms with van der Waals surface area (Å²) >= 11 is 6.37. The predicted octanol–water partition coefficient (Wildman–Crippen LogP) is 3.35. The zero-order valence-electron chi connectivity index (χ0n) is 12.3. The van der Waals surface area contributed by atoms with Crippen molar-refractivity contribution in [3.05, 3.63) is 21.7 Å². The van der Waals surface area contributed by atoms with Crippen molar-refractivity contribution in [3.63, 3.8) is 0 Å². The molecule has 0 radical (unpaired) electrons. The number of rotatable bonds is 4. The molecule has 4 heteroatoms. The fraction of sp³-hybridized carbons (Fsp3) is 0.600. The molecular weight excluding hydrogens is 262 g/mol. The van der Waals surface area contributed by atoms with Crippen LogP contribution in [0, 0.1) is 13.8 Å². The molecule has 0 bridgehead atoms. The number of ether oxygens (including phenoxy) is 2. The van der Waals surface area contributed by atoms with Gasteiger partial charge in [-0.25, -0.2) is 0 Å². The lowest BCUT2D eigenvalue weighted by molar-refractivity contribution is 0.383. The van der Waals surface area contributed by atoms with Crippen molar-refractivity contribution < 1.29 is 9.47 Å². The van der Waals surface area contributed by atoms with Crippen molar-refractivity contribution in [2.45, 2.75) is 45.1 Å². The van der Waals surface area contributed by atoms with Crippen LogP contribution in [0.4, 0.5) is 0 Å². The SMILES string of the molecule is COc1c(C)c(C2(C(C)N)CC2)c(OC)c(C)c1Cl. The van der Waals surface area contributed by atoms with E-state index in [0.717, 1.165) is 35.5 Å². The molecule has 19 heavy (non-hydrogen) atoms. The molecule has 2 N–H and O–H groups in total. The molecule has 0 aliphatic heterocycles. The monoisotopic (exact) mass is 283 g/mol. The lowest BCUT2D eigenvalue weighted by Gasteiger charge is -2.27. The van der Waals surface area contributed by atoms with Crippen LogP contribution in [0.25, 0.3) is 0 Å². The summed E-state index contributed by atoms with van der Waals surface area (Å²) in [6.45, 7) is 6.05. The largest absolute Gasteiger partial charge is 0.496 e. The second kappa shape index (κ2) is 4.88. The van der Waals surface area contributed by atoms with Gasteiger partial charge in [0.15, 0.2) is 0 Å². The van der Waals surface area contributed by atoms with E-state index in [1.807, 2.05) is 13.8 Å². The summed E-state index contributed by atoms with van der Waals surface area (Å²) in [7, 11) is 3.33. The molecular formula is C15H22ClNO2. The Hall–Kier alpha value is -0.930. The van der Waals surface area contributed by atoms with Crippen LogP contribution in [-0.2, 0) is 5.41 Å². The van der Waals surface area contributed by atoms with Gasteiger partial charge in [-0.2, -0.15) is 0 Å². The smallest absolute Gasteiger partial charge is 0.141 e. The molecule has 0 spiro atoms. The van der Waals surface area contributed by atoms with E-state index < -0.39 is 0 Å². The summed E-state index contributed by atoms with van der Waals surface area (Å²) in [6.07, 6.45) is 2.18. The van der Waals surface area contributed by atoms with E-state index in [9.17, 15) is 0 Å². The third kappa shape index (κ3) is 2.00. The van der Waals surface area contributed by atoms with Gasteiger partial charge in [0.05, 0.1) is 19.2 Å². The molecule has 0 aromatic heterocycles.